The Kier molecular flexibility index (Phi) is 5.32. The van der Waals surface area contributed by atoms with Gasteiger partial charge < -0.3 is 19.2 Å². The number of nitrogens with zero attached hydrogens (tertiary/aromatic N) is 1. The minimum atomic E-state index is -0.770. The highest BCUT2D eigenvalue weighted by Crippen LogP contribution is 2.41. The summed E-state index contributed by atoms with van der Waals surface area (Å²) in [5, 5.41) is 10.6. The van der Waals surface area contributed by atoms with Crippen molar-refractivity contribution in [2.24, 2.45) is 0 Å². The van der Waals surface area contributed by atoms with Crippen molar-refractivity contribution in [1.82, 2.24) is 4.90 Å². The van der Waals surface area contributed by atoms with Crippen LogP contribution in [0.5, 0.6) is 11.5 Å². The van der Waals surface area contributed by atoms with Crippen LogP contribution in [0.1, 0.15) is 45.8 Å². The largest absolute Gasteiger partial charge is 0.504 e. The zero-order valence-electron chi connectivity index (χ0n) is 18.7. The minimum Gasteiger partial charge on any atom is -0.504 e. The second-order valence-electron chi connectivity index (χ2n) is 8.30. The molecule has 34 heavy (non-hydrogen) atoms. The van der Waals surface area contributed by atoms with E-state index in [4.69, 9.17) is 9.15 Å². The fraction of sp³-hybridized carbons (Fsp3) is 0.185. The molecule has 1 N–H and O–H groups in total. The molecule has 6 nitrogen and oxygen atoms in total. The molecule has 1 atom stereocenters. The molecule has 1 amide bonds. The molecule has 172 valence electrons. The van der Waals surface area contributed by atoms with Crippen LogP contribution in [0, 0.1) is 12.7 Å². The number of carbonyl (C=O) groups excluding carboxylic acids is 1. The number of amides is 1. The first kappa shape index (κ1) is 21.7. The number of rotatable bonds is 5. The predicted molar refractivity (Wildman–Crippen MR) is 125 cm³/mol. The molecule has 4 aromatic rings. The Hall–Kier alpha value is -4.13. The second-order valence-corrected chi connectivity index (χ2v) is 8.30. The van der Waals surface area contributed by atoms with Crippen LogP contribution in [0.25, 0.3) is 11.0 Å². The molecule has 0 saturated carbocycles. The van der Waals surface area contributed by atoms with Crippen LogP contribution in [0.15, 0.2) is 69.9 Å². The zero-order valence-corrected chi connectivity index (χ0v) is 18.7. The van der Waals surface area contributed by atoms with Gasteiger partial charge in [0.25, 0.3) is 5.91 Å². The van der Waals surface area contributed by atoms with Crippen LogP contribution in [-0.4, -0.2) is 22.5 Å². The lowest BCUT2D eigenvalue weighted by atomic mass is 9.97. The Morgan fingerprint density at radius 2 is 1.82 bits per heavy atom. The van der Waals surface area contributed by atoms with Crippen LogP contribution in [0.3, 0.4) is 0 Å². The summed E-state index contributed by atoms with van der Waals surface area (Å²) in [4.78, 5) is 28.7. The van der Waals surface area contributed by atoms with E-state index in [2.05, 4.69) is 0 Å². The van der Waals surface area contributed by atoms with Crippen molar-refractivity contribution in [3.05, 3.63) is 105 Å². The SMILES string of the molecule is CCOc1cc(C2c3c(oc4ccc(C)cc4c3=O)C(=O)N2Cc2ccc(F)cc2)ccc1O. The van der Waals surface area contributed by atoms with Gasteiger partial charge in [-0.2, -0.15) is 0 Å². The van der Waals surface area contributed by atoms with Crippen molar-refractivity contribution in [3.8, 4) is 11.5 Å². The van der Waals surface area contributed by atoms with Crippen molar-refractivity contribution in [1.29, 1.82) is 0 Å². The molecule has 0 spiro atoms. The first-order valence-electron chi connectivity index (χ1n) is 11.0. The Bertz CT molecular complexity index is 1480. The van der Waals surface area contributed by atoms with Crippen LogP contribution < -0.4 is 10.2 Å². The lowest BCUT2D eigenvalue weighted by Gasteiger charge is -2.25. The number of hydrogen-bond donors (Lipinski definition) is 1. The topological polar surface area (TPSA) is 80.0 Å². The van der Waals surface area contributed by atoms with E-state index in [0.717, 1.165) is 5.56 Å². The fourth-order valence-electron chi connectivity index (χ4n) is 4.40. The first-order chi connectivity index (χ1) is 16.4. The molecule has 0 bridgehead atoms. The van der Waals surface area contributed by atoms with E-state index in [-0.39, 0.29) is 40.6 Å². The Morgan fingerprint density at radius 3 is 2.56 bits per heavy atom. The second kappa shape index (κ2) is 8.33. The summed E-state index contributed by atoms with van der Waals surface area (Å²) in [7, 11) is 0. The third-order valence-corrected chi connectivity index (χ3v) is 5.99. The molecule has 0 radical (unpaired) electrons. The number of carbonyl (C=O) groups is 1. The van der Waals surface area contributed by atoms with E-state index in [1.165, 1.54) is 23.1 Å². The molecule has 1 aliphatic rings. The molecule has 0 fully saturated rings. The summed E-state index contributed by atoms with van der Waals surface area (Å²) >= 11 is 0. The third-order valence-electron chi connectivity index (χ3n) is 5.99. The Balaban J connectivity index is 1.72. The van der Waals surface area contributed by atoms with E-state index in [0.29, 0.717) is 28.7 Å². The van der Waals surface area contributed by atoms with Crippen LogP contribution in [0.4, 0.5) is 4.39 Å². The van der Waals surface area contributed by atoms with Crippen LogP contribution in [-0.2, 0) is 6.54 Å². The summed E-state index contributed by atoms with van der Waals surface area (Å²) in [6.07, 6.45) is 0. The number of hydrogen-bond acceptors (Lipinski definition) is 5. The molecule has 3 aromatic carbocycles. The molecule has 0 saturated heterocycles. The summed E-state index contributed by atoms with van der Waals surface area (Å²) < 4.78 is 25.0. The van der Waals surface area contributed by atoms with E-state index in [1.807, 2.05) is 13.0 Å². The van der Waals surface area contributed by atoms with Crippen molar-refractivity contribution < 1.29 is 23.4 Å². The van der Waals surface area contributed by atoms with E-state index in [9.17, 15) is 19.1 Å². The third kappa shape index (κ3) is 3.59. The van der Waals surface area contributed by atoms with Crippen molar-refractivity contribution in [3.63, 3.8) is 0 Å². The van der Waals surface area contributed by atoms with Gasteiger partial charge in [-0.3, -0.25) is 9.59 Å². The number of benzene rings is 3. The number of aryl methyl sites for hydroxylation is 1. The average Bonchev–Trinajstić information content (AvgIpc) is 3.09. The lowest BCUT2D eigenvalue weighted by Crippen LogP contribution is -2.29. The monoisotopic (exact) mass is 459 g/mol. The highest BCUT2D eigenvalue weighted by Gasteiger charge is 2.43. The minimum absolute atomic E-state index is 0.0144. The maximum absolute atomic E-state index is 13.7. The number of aromatic hydroxyl groups is 1. The Morgan fingerprint density at radius 1 is 1.06 bits per heavy atom. The summed E-state index contributed by atoms with van der Waals surface area (Å²) in [6.45, 7) is 4.14. The van der Waals surface area contributed by atoms with Gasteiger partial charge in [-0.15, -0.1) is 0 Å². The van der Waals surface area contributed by atoms with Gasteiger partial charge in [-0.1, -0.05) is 29.8 Å². The van der Waals surface area contributed by atoms with Gasteiger partial charge in [-0.25, -0.2) is 4.39 Å². The van der Waals surface area contributed by atoms with E-state index in [1.54, 1.807) is 43.3 Å². The van der Waals surface area contributed by atoms with Gasteiger partial charge in [0.05, 0.1) is 23.6 Å². The van der Waals surface area contributed by atoms with Crippen LogP contribution in [0.2, 0.25) is 0 Å². The smallest absolute Gasteiger partial charge is 0.291 e. The van der Waals surface area contributed by atoms with Crippen molar-refractivity contribution in [2.75, 3.05) is 6.61 Å². The molecule has 1 aliphatic heterocycles. The molecule has 5 rings (SSSR count). The molecule has 0 aliphatic carbocycles. The number of phenolic OH excluding ortho intramolecular Hbond substituents is 1. The molecule has 7 heteroatoms. The van der Waals surface area contributed by atoms with Gasteiger partial charge in [0.15, 0.2) is 16.9 Å². The van der Waals surface area contributed by atoms with Gasteiger partial charge >= 0.3 is 0 Å². The average molecular weight is 459 g/mol. The van der Waals surface area contributed by atoms with Gasteiger partial charge in [0, 0.05) is 6.54 Å². The summed E-state index contributed by atoms with van der Waals surface area (Å²) in [6, 6.07) is 15.1. The standard InChI is InChI=1S/C27H22FNO5/c1-3-33-22-13-17(7-10-20(22)30)24-23-25(31)19-12-15(2)4-11-21(19)34-26(23)27(32)29(24)14-16-5-8-18(28)9-6-16/h4-13,24,30H,3,14H2,1-2H3. The lowest BCUT2D eigenvalue weighted by molar-refractivity contribution is 0.0714. The highest BCUT2D eigenvalue weighted by molar-refractivity contribution is 5.99. The molecule has 2 heterocycles. The highest BCUT2D eigenvalue weighted by atomic mass is 19.1. The van der Waals surface area contributed by atoms with E-state index >= 15 is 0 Å². The van der Waals surface area contributed by atoms with Crippen LogP contribution >= 0.6 is 0 Å². The van der Waals surface area contributed by atoms with E-state index < -0.39 is 11.9 Å². The number of ether oxygens (including phenoxy) is 1. The maximum Gasteiger partial charge on any atom is 0.291 e. The summed E-state index contributed by atoms with van der Waals surface area (Å²) in [5.41, 5.74) is 2.47. The summed E-state index contributed by atoms with van der Waals surface area (Å²) in [5.74, 6) is -0.617. The number of halogens is 1. The van der Waals surface area contributed by atoms with Gasteiger partial charge in [0.1, 0.15) is 11.4 Å². The zero-order chi connectivity index (χ0) is 24.0. The maximum atomic E-state index is 13.7. The normalized spacial score (nSPS) is 15.1. The quantitative estimate of drug-likeness (QED) is 0.450. The van der Waals surface area contributed by atoms with Gasteiger partial charge in [-0.05, 0) is 61.4 Å². The molecular weight excluding hydrogens is 437 g/mol. The van der Waals surface area contributed by atoms with Gasteiger partial charge in [0.2, 0.25) is 5.76 Å². The molecule has 1 aromatic heterocycles. The number of fused-ring (bicyclic) bond motifs is 2. The molecule has 1 unspecified atom stereocenters. The Labute approximate surface area is 194 Å². The van der Waals surface area contributed by atoms with Crippen molar-refractivity contribution in [2.45, 2.75) is 26.4 Å². The fourth-order valence-corrected chi connectivity index (χ4v) is 4.40. The molecular formula is C27H22FNO5. The van der Waals surface area contributed by atoms with Crippen molar-refractivity contribution >= 4 is 16.9 Å². The predicted octanol–water partition coefficient (Wildman–Crippen LogP) is 5.09. The number of phenols is 1. The first-order valence-corrected chi connectivity index (χ1v) is 11.0.